The Hall–Kier alpha value is -2.76. The molecule has 0 fully saturated rings. The van der Waals surface area contributed by atoms with E-state index in [2.05, 4.69) is 10.3 Å². The zero-order chi connectivity index (χ0) is 22.4. The molecular weight excluding hydrogens is 486 g/mol. The molecule has 0 saturated carbocycles. The molecule has 4 aromatic rings. The Morgan fingerprint density at radius 1 is 0.844 bits per heavy atom. The first-order valence-corrected chi connectivity index (χ1v) is 12.9. The van der Waals surface area contributed by atoms with Crippen molar-refractivity contribution in [1.29, 1.82) is 0 Å². The molecule has 4 rings (SSSR count). The Bertz CT molecular complexity index is 1220. The molecule has 1 heterocycles. The maximum absolute atomic E-state index is 6.26. The van der Waals surface area contributed by atoms with E-state index in [9.17, 15) is 0 Å². The normalized spacial score (nSPS) is 11.4. The van der Waals surface area contributed by atoms with Crippen molar-refractivity contribution in [3.05, 3.63) is 107 Å². The summed E-state index contributed by atoms with van der Waals surface area (Å²) in [4.78, 5) is 0. The third-order valence-corrected chi connectivity index (χ3v) is 6.64. The van der Waals surface area contributed by atoms with E-state index in [1.165, 1.54) is 6.21 Å². The van der Waals surface area contributed by atoms with E-state index in [1.54, 1.807) is 54.6 Å². The Kier molecular flexibility index (Phi) is 7.18. The molecular formula is C23H17Cl2N2O3PS. The summed E-state index contributed by atoms with van der Waals surface area (Å²) in [6, 6.07) is 27.2. The summed E-state index contributed by atoms with van der Waals surface area (Å²) in [5.74, 6) is 2.24. The minimum Gasteiger partial charge on any atom is -0.455 e. The highest BCUT2D eigenvalue weighted by Gasteiger charge is 2.22. The standard InChI is InChI=1S/C23H17Cl2N2O3PS/c24-17-11-13-21(22(25)15-17)23-14-12-20(28-23)16-26-27-31(32,29-18-7-3-1-4-8-18)30-19-9-5-2-6-10-19/h1-16H,(H,27,32)/b26-16+. The molecule has 0 aliphatic heterocycles. The molecule has 1 aromatic heterocycles. The van der Waals surface area contributed by atoms with Gasteiger partial charge in [0.15, 0.2) is 0 Å². The van der Waals surface area contributed by atoms with Crippen LogP contribution in [0, 0.1) is 0 Å². The zero-order valence-electron chi connectivity index (χ0n) is 16.5. The lowest BCUT2D eigenvalue weighted by molar-refractivity contribution is 0.472. The molecule has 0 saturated heterocycles. The smallest absolute Gasteiger partial charge is 0.408 e. The number of nitrogens with zero attached hydrogens (tertiary/aromatic N) is 1. The van der Waals surface area contributed by atoms with Crippen molar-refractivity contribution in [1.82, 2.24) is 5.20 Å². The van der Waals surface area contributed by atoms with Crippen LogP contribution >= 0.6 is 29.8 Å². The van der Waals surface area contributed by atoms with Gasteiger partial charge in [-0.25, -0.2) is 5.20 Å². The fraction of sp³-hybridized carbons (Fsp3) is 0. The first-order chi connectivity index (χ1) is 15.5. The predicted octanol–water partition coefficient (Wildman–Crippen LogP) is 7.56. The van der Waals surface area contributed by atoms with Gasteiger partial charge in [-0.3, -0.25) is 0 Å². The molecule has 162 valence electrons. The van der Waals surface area contributed by atoms with Crippen molar-refractivity contribution in [2.24, 2.45) is 5.10 Å². The van der Waals surface area contributed by atoms with Gasteiger partial charge in [-0.1, -0.05) is 59.6 Å². The maximum Gasteiger partial charge on any atom is 0.408 e. The van der Waals surface area contributed by atoms with E-state index in [0.717, 1.165) is 5.56 Å². The molecule has 0 bridgehead atoms. The van der Waals surface area contributed by atoms with Crippen LogP contribution in [0.4, 0.5) is 0 Å². The molecule has 0 aliphatic rings. The molecule has 9 heteroatoms. The van der Waals surface area contributed by atoms with Crippen LogP contribution in [0.2, 0.25) is 10.0 Å². The summed E-state index contributed by atoms with van der Waals surface area (Å²) in [7, 11) is 0. The SMILES string of the molecule is S=P(N/N=C/c1ccc(-c2ccc(Cl)cc2Cl)o1)(Oc1ccccc1)Oc1ccccc1. The summed E-state index contributed by atoms with van der Waals surface area (Å²) in [5, 5.41) is 8.13. The molecule has 1 N–H and O–H groups in total. The Morgan fingerprint density at radius 3 is 2.06 bits per heavy atom. The lowest BCUT2D eigenvalue weighted by Crippen LogP contribution is -2.13. The van der Waals surface area contributed by atoms with Crippen LogP contribution in [0.1, 0.15) is 5.76 Å². The van der Waals surface area contributed by atoms with Crippen LogP contribution in [0.3, 0.4) is 0 Å². The molecule has 0 radical (unpaired) electrons. The molecule has 0 atom stereocenters. The highest BCUT2D eigenvalue weighted by atomic mass is 35.5. The number of para-hydroxylation sites is 2. The minimum absolute atomic E-state index is 0.497. The van der Waals surface area contributed by atoms with E-state index < -0.39 is 6.64 Å². The number of hydrogen-bond donors (Lipinski definition) is 1. The van der Waals surface area contributed by atoms with Crippen molar-refractivity contribution in [2.45, 2.75) is 0 Å². The van der Waals surface area contributed by atoms with Crippen LogP contribution < -0.4 is 14.2 Å². The molecule has 0 aliphatic carbocycles. The van der Waals surface area contributed by atoms with Gasteiger partial charge in [0.2, 0.25) is 0 Å². The Labute approximate surface area is 200 Å². The quantitative estimate of drug-likeness (QED) is 0.153. The van der Waals surface area contributed by atoms with Gasteiger partial charge in [-0.2, -0.15) is 5.10 Å². The van der Waals surface area contributed by atoms with Gasteiger partial charge in [-0.15, -0.1) is 0 Å². The lowest BCUT2D eigenvalue weighted by Gasteiger charge is -2.22. The fourth-order valence-corrected chi connectivity index (χ4v) is 5.00. The van der Waals surface area contributed by atoms with Gasteiger partial charge in [0.05, 0.1) is 11.2 Å². The number of hydrazone groups is 1. The number of furan rings is 1. The van der Waals surface area contributed by atoms with Crippen molar-refractivity contribution < 1.29 is 13.5 Å². The van der Waals surface area contributed by atoms with E-state index >= 15 is 0 Å². The minimum atomic E-state index is -3.06. The average molecular weight is 503 g/mol. The largest absolute Gasteiger partial charge is 0.455 e. The fourth-order valence-electron chi connectivity index (χ4n) is 2.72. The maximum atomic E-state index is 6.26. The summed E-state index contributed by atoms with van der Waals surface area (Å²) in [5.41, 5.74) is 0.730. The van der Waals surface area contributed by atoms with Gasteiger partial charge in [0.25, 0.3) is 0 Å². The van der Waals surface area contributed by atoms with Crippen molar-refractivity contribution in [2.75, 3.05) is 0 Å². The van der Waals surface area contributed by atoms with Crippen LogP contribution in [0.25, 0.3) is 11.3 Å². The van der Waals surface area contributed by atoms with Gasteiger partial charge < -0.3 is 13.5 Å². The molecule has 5 nitrogen and oxygen atoms in total. The van der Waals surface area contributed by atoms with Crippen LogP contribution in [0.5, 0.6) is 11.5 Å². The molecule has 0 spiro atoms. The molecule has 0 unspecified atom stereocenters. The third-order valence-electron chi connectivity index (χ3n) is 4.13. The van der Waals surface area contributed by atoms with Crippen LogP contribution in [-0.4, -0.2) is 6.21 Å². The second kappa shape index (κ2) is 10.2. The molecule has 32 heavy (non-hydrogen) atoms. The number of rotatable bonds is 8. The Morgan fingerprint density at radius 2 is 1.47 bits per heavy atom. The summed E-state index contributed by atoms with van der Waals surface area (Å²) < 4.78 is 17.7. The highest BCUT2D eigenvalue weighted by Crippen LogP contribution is 2.45. The zero-order valence-corrected chi connectivity index (χ0v) is 19.7. The summed E-state index contributed by atoms with van der Waals surface area (Å²) in [6.07, 6.45) is 1.50. The van der Waals surface area contributed by atoms with Gasteiger partial charge in [-0.05, 0) is 54.6 Å². The summed E-state index contributed by atoms with van der Waals surface area (Å²) in [6.45, 7) is -3.06. The third kappa shape index (κ3) is 5.93. The molecule has 0 amide bonds. The Balaban J connectivity index is 1.51. The number of nitrogens with one attached hydrogen (secondary N) is 1. The average Bonchev–Trinajstić information content (AvgIpc) is 3.23. The number of halogens is 2. The first kappa shape index (κ1) is 22.4. The van der Waals surface area contributed by atoms with E-state index in [0.29, 0.717) is 33.1 Å². The van der Waals surface area contributed by atoms with Gasteiger partial charge >= 0.3 is 6.64 Å². The van der Waals surface area contributed by atoms with Crippen molar-refractivity contribution >= 4 is 47.9 Å². The second-order valence-corrected chi connectivity index (χ2v) is 10.3. The number of benzene rings is 3. The van der Waals surface area contributed by atoms with E-state index in [4.69, 9.17) is 48.5 Å². The topological polar surface area (TPSA) is 56.0 Å². The van der Waals surface area contributed by atoms with E-state index in [-0.39, 0.29) is 0 Å². The number of hydrogen-bond acceptors (Lipinski definition) is 5. The monoisotopic (exact) mass is 502 g/mol. The summed E-state index contributed by atoms with van der Waals surface area (Å²) >= 11 is 17.9. The highest BCUT2D eigenvalue weighted by molar-refractivity contribution is 8.09. The van der Waals surface area contributed by atoms with Crippen LogP contribution in [0.15, 0.2) is 101 Å². The molecule has 3 aromatic carbocycles. The van der Waals surface area contributed by atoms with Crippen molar-refractivity contribution in [3.63, 3.8) is 0 Å². The van der Waals surface area contributed by atoms with E-state index in [1.807, 2.05) is 36.4 Å². The lowest BCUT2D eigenvalue weighted by atomic mass is 10.2. The first-order valence-electron chi connectivity index (χ1n) is 9.46. The van der Waals surface area contributed by atoms with Crippen LogP contribution in [-0.2, 0) is 11.8 Å². The predicted molar refractivity (Wildman–Crippen MR) is 133 cm³/mol. The van der Waals surface area contributed by atoms with Gasteiger partial charge in [0, 0.05) is 22.4 Å². The van der Waals surface area contributed by atoms with Gasteiger partial charge in [0.1, 0.15) is 23.0 Å². The van der Waals surface area contributed by atoms with Crippen molar-refractivity contribution in [3.8, 4) is 22.8 Å². The second-order valence-electron chi connectivity index (χ2n) is 6.49.